The Balaban J connectivity index is 1.42. The van der Waals surface area contributed by atoms with E-state index in [1.165, 1.54) is 6.08 Å². The molecule has 0 spiro atoms. The van der Waals surface area contributed by atoms with E-state index < -0.39 is 0 Å². The number of rotatable bonds is 4. The zero-order valence-corrected chi connectivity index (χ0v) is 17.7. The van der Waals surface area contributed by atoms with Crippen LogP contribution in [0.15, 0.2) is 91.1 Å². The summed E-state index contributed by atoms with van der Waals surface area (Å²) in [6, 6.07) is 24.1. The van der Waals surface area contributed by atoms with Crippen molar-refractivity contribution in [3.05, 3.63) is 107 Å². The van der Waals surface area contributed by atoms with Crippen molar-refractivity contribution in [1.29, 1.82) is 0 Å². The summed E-state index contributed by atoms with van der Waals surface area (Å²) >= 11 is 5.98. The van der Waals surface area contributed by atoms with E-state index in [0.29, 0.717) is 22.8 Å². The molecule has 3 aromatic carbocycles. The quantitative estimate of drug-likeness (QED) is 0.429. The molecule has 4 aromatic rings. The molecule has 5 nitrogen and oxygen atoms in total. The second-order valence-electron chi connectivity index (χ2n) is 7.49. The van der Waals surface area contributed by atoms with Crippen LogP contribution in [0.1, 0.15) is 11.1 Å². The monoisotopic (exact) mass is 439 g/mol. The fourth-order valence-corrected chi connectivity index (χ4v) is 3.96. The first-order chi connectivity index (χ1) is 15.6. The molecule has 0 aliphatic carbocycles. The number of pyridine rings is 1. The molecule has 2 amide bonds. The molecule has 6 heteroatoms. The molecule has 1 aliphatic rings. The Bertz CT molecular complexity index is 1380. The van der Waals surface area contributed by atoms with Crippen LogP contribution >= 0.6 is 11.6 Å². The summed E-state index contributed by atoms with van der Waals surface area (Å²) in [5.74, 6) is -0.571. The highest BCUT2D eigenvalue weighted by atomic mass is 35.5. The first-order valence-corrected chi connectivity index (χ1v) is 10.5. The minimum absolute atomic E-state index is 0.209. The number of para-hydroxylation sites is 1. The largest absolute Gasteiger partial charge is 0.322 e. The fourth-order valence-electron chi connectivity index (χ4n) is 3.84. The number of nitrogens with zero attached hydrogens (tertiary/aromatic N) is 2. The molecule has 2 heterocycles. The molecule has 0 saturated carbocycles. The lowest BCUT2D eigenvalue weighted by Gasteiger charge is -2.17. The number of aromatic nitrogens is 1. The van der Waals surface area contributed by atoms with E-state index in [4.69, 9.17) is 11.6 Å². The third-order valence-corrected chi connectivity index (χ3v) is 5.61. The van der Waals surface area contributed by atoms with Crippen molar-refractivity contribution in [2.24, 2.45) is 0 Å². The molecule has 1 aromatic heterocycles. The molecule has 0 atom stereocenters. The Kier molecular flexibility index (Phi) is 5.17. The highest BCUT2D eigenvalue weighted by Crippen LogP contribution is 2.37. The van der Waals surface area contributed by atoms with Crippen LogP contribution in [-0.2, 0) is 16.1 Å². The van der Waals surface area contributed by atoms with Gasteiger partial charge >= 0.3 is 0 Å². The average molecular weight is 440 g/mol. The van der Waals surface area contributed by atoms with Gasteiger partial charge in [0, 0.05) is 33.9 Å². The van der Waals surface area contributed by atoms with Gasteiger partial charge in [-0.2, -0.15) is 0 Å². The topological polar surface area (TPSA) is 62.3 Å². The van der Waals surface area contributed by atoms with E-state index in [0.717, 1.165) is 27.7 Å². The number of fused-ring (bicyclic) bond motifs is 2. The smallest absolute Gasteiger partial charge is 0.259 e. The Morgan fingerprint density at radius 1 is 1.00 bits per heavy atom. The van der Waals surface area contributed by atoms with Crippen molar-refractivity contribution in [3.63, 3.8) is 0 Å². The van der Waals surface area contributed by atoms with Gasteiger partial charge in [0.05, 0.1) is 23.3 Å². The zero-order chi connectivity index (χ0) is 22.1. The number of nitrogens with one attached hydrogen (secondary N) is 1. The number of anilines is 2. The number of hydrogen-bond donors (Lipinski definition) is 1. The van der Waals surface area contributed by atoms with Gasteiger partial charge < -0.3 is 10.2 Å². The predicted molar refractivity (Wildman–Crippen MR) is 127 cm³/mol. The van der Waals surface area contributed by atoms with Crippen LogP contribution in [0.5, 0.6) is 0 Å². The van der Waals surface area contributed by atoms with Gasteiger partial charge in [-0.25, -0.2) is 0 Å². The number of benzene rings is 3. The average Bonchev–Trinajstić information content (AvgIpc) is 3.06. The highest BCUT2D eigenvalue weighted by molar-refractivity contribution is 6.35. The minimum Gasteiger partial charge on any atom is -0.322 e. The maximum Gasteiger partial charge on any atom is 0.259 e. The Morgan fingerprint density at radius 2 is 1.81 bits per heavy atom. The van der Waals surface area contributed by atoms with Gasteiger partial charge in [0.1, 0.15) is 0 Å². The molecular weight excluding hydrogens is 422 g/mol. The van der Waals surface area contributed by atoms with Crippen LogP contribution in [0.25, 0.3) is 16.5 Å². The van der Waals surface area contributed by atoms with Gasteiger partial charge in [-0.05, 0) is 48.0 Å². The van der Waals surface area contributed by atoms with E-state index >= 15 is 0 Å². The number of halogens is 1. The van der Waals surface area contributed by atoms with Crippen LogP contribution < -0.4 is 10.2 Å². The first kappa shape index (κ1) is 20.0. The van der Waals surface area contributed by atoms with E-state index in [-0.39, 0.29) is 11.8 Å². The molecule has 0 fully saturated rings. The van der Waals surface area contributed by atoms with E-state index in [9.17, 15) is 9.59 Å². The zero-order valence-electron chi connectivity index (χ0n) is 17.0. The van der Waals surface area contributed by atoms with Crippen molar-refractivity contribution in [1.82, 2.24) is 4.98 Å². The maximum atomic E-state index is 13.2. The lowest BCUT2D eigenvalue weighted by atomic mass is 10.1. The molecule has 0 unspecified atom stereocenters. The third-order valence-electron chi connectivity index (χ3n) is 5.36. The first-order valence-electron chi connectivity index (χ1n) is 10.1. The van der Waals surface area contributed by atoms with Gasteiger partial charge in [-0.3, -0.25) is 14.6 Å². The molecule has 1 aliphatic heterocycles. The van der Waals surface area contributed by atoms with Crippen molar-refractivity contribution >= 4 is 51.3 Å². The van der Waals surface area contributed by atoms with Gasteiger partial charge in [0.25, 0.3) is 5.91 Å². The van der Waals surface area contributed by atoms with Crippen LogP contribution in [0, 0.1) is 0 Å². The second kappa shape index (κ2) is 8.29. The van der Waals surface area contributed by atoms with E-state index in [1.54, 1.807) is 29.3 Å². The summed E-state index contributed by atoms with van der Waals surface area (Å²) in [7, 11) is 0. The van der Waals surface area contributed by atoms with Gasteiger partial charge in [-0.1, -0.05) is 48.0 Å². The molecular formula is C26H18ClN3O2. The Morgan fingerprint density at radius 3 is 2.66 bits per heavy atom. The summed E-state index contributed by atoms with van der Waals surface area (Å²) in [4.78, 5) is 32.0. The summed E-state index contributed by atoms with van der Waals surface area (Å²) in [5, 5.41) is 4.42. The van der Waals surface area contributed by atoms with E-state index in [2.05, 4.69) is 10.3 Å². The standard InChI is InChI=1S/C26H18ClN3O2/c27-19-9-7-17(8-10-19)16-30-24-6-2-1-5-21(24)22(26(30)32)15-25(31)29-20-11-12-23-18(14-20)4-3-13-28-23/h1-15H,16H2,(H,29,31)/b22-15+. The van der Waals surface area contributed by atoms with Crippen LogP contribution in [0.2, 0.25) is 5.02 Å². The van der Waals surface area contributed by atoms with Crippen LogP contribution in [0.3, 0.4) is 0 Å². The highest BCUT2D eigenvalue weighted by Gasteiger charge is 2.32. The number of carbonyl (C=O) groups excluding carboxylic acids is 2. The molecule has 0 radical (unpaired) electrons. The summed E-state index contributed by atoms with van der Waals surface area (Å²) in [6.45, 7) is 0.393. The van der Waals surface area contributed by atoms with Gasteiger partial charge in [0.15, 0.2) is 0 Å². The normalized spacial score (nSPS) is 14.1. The molecule has 0 saturated heterocycles. The molecule has 0 bridgehead atoms. The Labute approximate surface area is 190 Å². The second-order valence-corrected chi connectivity index (χ2v) is 7.93. The fraction of sp³-hybridized carbons (Fsp3) is 0.0385. The minimum atomic E-state index is -0.361. The molecule has 1 N–H and O–H groups in total. The van der Waals surface area contributed by atoms with Crippen molar-refractivity contribution in [2.75, 3.05) is 10.2 Å². The lowest BCUT2D eigenvalue weighted by Crippen LogP contribution is -2.26. The summed E-state index contributed by atoms with van der Waals surface area (Å²) in [6.07, 6.45) is 3.10. The van der Waals surface area contributed by atoms with Crippen molar-refractivity contribution in [2.45, 2.75) is 6.54 Å². The predicted octanol–water partition coefficient (Wildman–Crippen LogP) is 5.46. The molecule has 156 valence electrons. The van der Waals surface area contributed by atoms with Crippen molar-refractivity contribution < 1.29 is 9.59 Å². The van der Waals surface area contributed by atoms with Crippen molar-refractivity contribution in [3.8, 4) is 0 Å². The SMILES string of the molecule is O=C(/C=C1/C(=O)N(Cc2ccc(Cl)cc2)c2ccccc21)Nc1ccc2ncccc2c1. The lowest BCUT2D eigenvalue weighted by molar-refractivity contribution is -0.114. The Hall–Kier alpha value is -3.96. The number of amides is 2. The van der Waals surface area contributed by atoms with Crippen LogP contribution in [0.4, 0.5) is 11.4 Å². The molecule has 32 heavy (non-hydrogen) atoms. The number of carbonyl (C=O) groups is 2. The van der Waals surface area contributed by atoms with Crippen LogP contribution in [-0.4, -0.2) is 16.8 Å². The summed E-state index contributed by atoms with van der Waals surface area (Å²) in [5.41, 5.74) is 4.33. The van der Waals surface area contributed by atoms with Gasteiger partial charge in [0.2, 0.25) is 5.91 Å². The third kappa shape index (κ3) is 3.86. The summed E-state index contributed by atoms with van der Waals surface area (Å²) < 4.78 is 0. The van der Waals surface area contributed by atoms with E-state index in [1.807, 2.05) is 60.7 Å². The maximum absolute atomic E-state index is 13.2. The van der Waals surface area contributed by atoms with Gasteiger partial charge in [-0.15, -0.1) is 0 Å². The molecule has 5 rings (SSSR count). The number of hydrogen-bond acceptors (Lipinski definition) is 3.